The van der Waals surface area contributed by atoms with Crippen LogP contribution in [-0.2, 0) is 6.54 Å². The lowest BCUT2D eigenvalue weighted by molar-refractivity contribution is 0.0667. The molecular formula is C20H23F2N3O2. The van der Waals surface area contributed by atoms with Crippen LogP contribution in [0.25, 0.3) is 0 Å². The molecule has 0 unspecified atom stereocenters. The Balaban J connectivity index is 1.41. The van der Waals surface area contributed by atoms with Gasteiger partial charge in [0.25, 0.3) is 5.91 Å². The zero-order valence-electron chi connectivity index (χ0n) is 15.4. The zero-order valence-corrected chi connectivity index (χ0v) is 15.4. The van der Waals surface area contributed by atoms with E-state index in [1.165, 1.54) is 12.1 Å². The average molecular weight is 375 g/mol. The smallest absolute Gasteiger partial charge is 0.276 e. The molecule has 2 saturated heterocycles. The number of carbonyl (C=O) groups is 1. The van der Waals surface area contributed by atoms with Gasteiger partial charge in [-0.1, -0.05) is 11.2 Å². The van der Waals surface area contributed by atoms with Crippen LogP contribution >= 0.6 is 0 Å². The fraction of sp³-hybridized carbons (Fsp3) is 0.500. The predicted octanol–water partition coefficient (Wildman–Crippen LogP) is 3.39. The topological polar surface area (TPSA) is 49.6 Å². The van der Waals surface area contributed by atoms with E-state index in [4.69, 9.17) is 4.52 Å². The Hall–Kier alpha value is -2.28. The van der Waals surface area contributed by atoms with Gasteiger partial charge >= 0.3 is 0 Å². The maximum atomic E-state index is 13.5. The fourth-order valence-electron chi connectivity index (χ4n) is 4.41. The number of likely N-dealkylation sites (tertiary alicyclic amines) is 2. The van der Waals surface area contributed by atoms with Crippen LogP contribution in [0.1, 0.15) is 41.1 Å². The molecule has 3 heterocycles. The standard InChI is InChI=1S/C20H23F2N3O2/c1-14-9-18(23-27-14)19(26)25-8-6-20(13-25)5-2-7-24(12-20)11-15-3-4-16(21)17(22)10-15/h3-4,9-10H,2,5-8,11-13H2,1H3/t20-/m1/s1. The number of aromatic nitrogens is 1. The molecule has 1 spiro atoms. The lowest BCUT2D eigenvalue weighted by Crippen LogP contribution is -2.45. The van der Waals surface area contributed by atoms with Crippen molar-refractivity contribution in [3.05, 3.63) is 52.9 Å². The fourth-order valence-corrected chi connectivity index (χ4v) is 4.41. The first-order valence-electron chi connectivity index (χ1n) is 9.33. The summed E-state index contributed by atoms with van der Waals surface area (Å²) in [6, 6.07) is 5.76. The van der Waals surface area contributed by atoms with Gasteiger partial charge in [0.05, 0.1) is 0 Å². The number of benzene rings is 1. The predicted molar refractivity (Wildman–Crippen MR) is 95.1 cm³/mol. The lowest BCUT2D eigenvalue weighted by Gasteiger charge is -2.40. The molecule has 1 atom stereocenters. The Bertz CT molecular complexity index is 854. The van der Waals surface area contributed by atoms with Gasteiger partial charge < -0.3 is 9.42 Å². The average Bonchev–Trinajstić information content (AvgIpc) is 3.25. The second-order valence-corrected chi connectivity index (χ2v) is 7.86. The van der Waals surface area contributed by atoms with Crippen LogP contribution in [0, 0.1) is 24.0 Å². The second-order valence-electron chi connectivity index (χ2n) is 7.86. The Morgan fingerprint density at radius 3 is 2.78 bits per heavy atom. The normalized spacial score (nSPS) is 23.3. The number of amides is 1. The third-order valence-corrected chi connectivity index (χ3v) is 5.70. The molecule has 1 aromatic carbocycles. The summed E-state index contributed by atoms with van der Waals surface area (Å²) in [7, 11) is 0. The van der Waals surface area contributed by atoms with Crippen molar-refractivity contribution in [2.45, 2.75) is 32.7 Å². The number of hydrogen-bond donors (Lipinski definition) is 0. The van der Waals surface area contributed by atoms with Crippen molar-refractivity contribution in [3.8, 4) is 0 Å². The minimum atomic E-state index is -0.818. The Morgan fingerprint density at radius 1 is 1.19 bits per heavy atom. The van der Waals surface area contributed by atoms with Gasteiger partial charge in [0.2, 0.25) is 0 Å². The molecule has 7 heteroatoms. The van der Waals surface area contributed by atoms with Crippen LogP contribution in [0.5, 0.6) is 0 Å². The largest absolute Gasteiger partial charge is 0.361 e. The van der Waals surface area contributed by atoms with Crippen LogP contribution in [0.15, 0.2) is 28.8 Å². The van der Waals surface area contributed by atoms with Crippen LogP contribution in [0.4, 0.5) is 8.78 Å². The quantitative estimate of drug-likeness (QED) is 0.825. The highest BCUT2D eigenvalue weighted by molar-refractivity contribution is 5.92. The summed E-state index contributed by atoms with van der Waals surface area (Å²) in [5.41, 5.74) is 1.19. The molecular weight excluding hydrogens is 352 g/mol. The molecule has 1 amide bonds. The van der Waals surface area contributed by atoms with E-state index in [0.29, 0.717) is 31.1 Å². The number of halogens is 2. The summed E-state index contributed by atoms with van der Waals surface area (Å²) in [6.45, 7) is 5.56. The summed E-state index contributed by atoms with van der Waals surface area (Å²) in [4.78, 5) is 16.8. The number of aryl methyl sites for hydroxylation is 1. The number of rotatable bonds is 3. The van der Waals surface area contributed by atoms with Gasteiger partial charge in [-0.2, -0.15) is 0 Å². The highest BCUT2D eigenvalue weighted by Gasteiger charge is 2.43. The Kier molecular flexibility index (Phi) is 4.72. The Labute approximate surface area is 156 Å². The molecule has 1 aromatic heterocycles. The van der Waals surface area contributed by atoms with E-state index in [2.05, 4.69) is 10.1 Å². The molecule has 2 aliphatic heterocycles. The first kappa shape index (κ1) is 18.1. The van der Waals surface area contributed by atoms with Crippen molar-refractivity contribution < 1.29 is 18.1 Å². The van der Waals surface area contributed by atoms with E-state index in [-0.39, 0.29) is 11.3 Å². The first-order valence-corrected chi connectivity index (χ1v) is 9.33. The maximum absolute atomic E-state index is 13.5. The summed E-state index contributed by atoms with van der Waals surface area (Å²) in [6.07, 6.45) is 3.06. The molecule has 27 heavy (non-hydrogen) atoms. The molecule has 2 aromatic rings. The summed E-state index contributed by atoms with van der Waals surface area (Å²) in [5, 5.41) is 3.84. The van der Waals surface area contributed by atoms with Crippen LogP contribution in [0.2, 0.25) is 0 Å². The van der Waals surface area contributed by atoms with Crippen molar-refractivity contribution in [1.29, 1.82) is 0 Å². The highest BCUT2D eigenvalue weighted by atomic mass is 19.2. The molecule has 0 saturated carbocycles. The van der Waals surface area contributed by atoms with E-state index in [0.717, 1.165) is 37.9 Å². The van der Waals surface area contributed by atoms with E-state index in [9.17, 15) is 13.6 Å². The molecule has 0 bridgehead atoms. The van der Waals surface area contributed by atoms with Crippen molar-refractivity contribution in [1.82, 2.24) is 15.0 Å². The molecule has 2 aliphatic rings. The summed E-state index contributed by atoms with van der Waals surface area (Å²) < 4.78 is 31.6. The third kappa shape index (κ3) is 3.74. The molecule has 0 radical (unpaired) electrons. The van der Waals surface area contributed by atoms with Crippen LogP contribution < -0.4 is 0 Å². The Morgan fingerprint density at radius 2 is 2.04 bits per heavy atom. The molecule has 5 nitrogen and oxygen atoms in total. The highest BCUT2D eigenvalue weighted by Crippen LogP contribution is 2.39. The van der Waals surface area contributed by atoms with Gasteiger partial charge in [0.1, 0.15) is 5.76 Å². The van der Waals surface area contributed by atoms with Gasteiger partial charge in [0, 0.05) is 37.7 Å². The maximum Gasteiger partial charge on any atom is 0.276 e. The van der Waals surface area contributed by atoms with E-state index < -0.39 is 11.6 Å². The molecule has 144 valence electrons. The van der Waals surface area contributed by atoms with Gasteiger partial charge in [0.15, 0.2) is 17.3 Å². The zero-order chi connectivity index (χ0) is 19.0. The van der Waals surface area contributed by atoms with Gasteiger partial charge in [-0.05, 0) is 50.4 Å². The second kappa shape index (κ2) is 7.03. The van der Waals surface area contributed by atoms with Crippen molar-refractivity contribution >= 4 is 5.91 Å². The van der Waals surface area contributed by atoms with Crippen molar-refractivity contribution in [3.63, 3.8) is 0 Å². The number of piperidine rings is 1. The number of hydrogen-bond acceptors (Lipinski definition) is 4. The van der Waals surface area contributed by atoms with E-state index >= 15 is 0 Å². The lowest BCUT2D eigenvalue weighted by atomic mass is 9.79. The third-order valence-electron chi connectivity index (χ3n) is 5.70. The minimum absolute atomic E-state index is 0.0608. The number of carbonyl (C=O) groups excluding carboxylic acids is 1. The van der Waals surface area contributed by atoms with Crippen molar-refractivity contribution in [2.75, 3.05) is 26.2 Å². The van der Waals surface area contributed by atoms with Crippen molar-refractivity contribution in [2.24, 2.45) is 5.41 Å². The monoisotopic (exact) mass is 375 g/mol. The van der Waals surface area contributed by atoms with E-state index in [1.54, 1.807) is 19.1 Å². The van der Waals surface area contributed by atoms with Gasteiger partial charge in [-0.25, -0.2) is 8.78 Å². The first-order chi connectivity index (χ1) is 12.9. The van der Waals surface area contributed by atoms with Crippen LogP contribution in [0.3, 0.4) is 0 Å². The summed E-state index contributed by atoms with van der Waals surface area (Å²) in [5.74, 6) is -1.08. The molecule has 0 N–H and O–H groups in total. The summed E-state index contributed by atoms with van der Waals surface area (Å²) >= 11 is 0. The number of nitrogens with zero attached hydrogens (tertiary/aromatic N) is 3. The van der Waals surface area contributed by atoms with Gasteiger partial charge in [-0.3, -0.25) is 9.69 Å². The van der Waals surface area contributed by atoms with E-state index in [1.807, 2.05) is 4.90 Å². The molecule has 4 rings (SSSR count). The minimum Gasteiger partial charge on any atom is -0.361 e. The van der Waals surface area contributed by atoms with Gasteiger partial charge in [-0.15, -0.1) is 0 Å². The van der Waals surface area contributed by atoms with Crippen LogP contribution in [-0.4, -0.2) is 47.0 Å². The SMILES string of the molecule is Cc1cc(C(=O)N2CC[C@@]3(CCCN(Cc4ccc(F)c(F)c4)C3)C2)no1. The molecule has 0 aliphatic carbocycles. The molecule has 2 fully saturated rings.